The van der Waals surface area contributed by atoms with Gasteiger partial charge in [0.25, 0.3) is 0 Å². The standard InChI is InChI=1S/C21H27N7OS/c1-15-16(2)30-20-18(15)19(24-17(25-20)14-26-10-12-29-13-11-26)27-6-8-28(9-7-27)21-22-4-3-5-23-21/h3-5H,6-14H2,1-2H3/p+1. The molecule has 0 saturated carbocycles. The molecule has 3 aromatic heterocycles. The highest BCUT2D eigenvalue weighted by Gasteiger charge is 2.25. The Morgan fingerprint density at radius 3 is 2.43 bits per heavy atom. The minimum atomic E-state index is 0.809. The fraction of sp³-hybridized carbons (Fsp3) is 0.524. The van der Waals surface area contributed by atoms with Gasteiger partial charge in [-0.3, -0.25) is 0 Å². The number of hydrogen-bond acceptors (Lipinski definition) is 8. The highest BCUT2D eigenvalue weighted by molar-refractivity contribution is 7.18. The number of fused-ring (bicyclic) bond motifs is 1. The molecule has 0 radical (unpaired) electrons. The van der Waals surface area contributed by atoms with Gasteiger partial charge < -0.3 is 19.4 Å². The van der Waals surface area contributed by atoms with Gasteiger partial charge in [0.15, 0.2) is 5.82 Å². The number of aryl methyl sites for hydroxylation is 2. The number of ether oxygens (including phenoxy) is 1. The Morgan fingerprint density at radius 2 is 1.70 bits per heavy atom. The maximum Gasteiger partial charge on any atom is 0.225 e. The van der Waals surface area contributed by atoms with Gasteiger partial charge in [-0.25, -0.2) is 19.9 Å². The maximum absolute atomic E-state index is 5.51. The minimum Gasteiger partial charge on any atom is -0.370 e. The van der Waals surface area contributed by atoms with Crippen LogP contribution in [-0.4, -0.2) is 72.4 Å². The molecule has 2 aliphatic heterocycles. The highest BCUT2D eigenvalue weighted by Crippen LogP contribution is 2.35. The molecule has 158 valence electrons. The first-order valence-corrected chi connectivity index (χ1v) is 11.5. The SMILES string of the molecule is Cc1sc2nc(C[NH+]3CCOCC3)nc(N3CCN(c4ncccn4)CC3)c2c1C. The number of rotatable bonds is 4. The molecule has 1 N–H and O–H groups in total. The van der Waals surface area contributed by atoms with E-state index in [1.165, 1.54) is 20.7 Å². The van der Waals surface area contributed by atoms with Crippen LogP contribution in [0.4, 0.5) is 11.8 Å². The first kappa shape index (κ1) is 19.6. The molecule has 0 atom stereocenters. The monoisotopic (exact) mass is 426 g/mol. The lowest BCUT2D eigenvalue weighted by molar-refractivity contribution is -0.922. The molecule has 2 saturated heterocycles. The Morgan fingerprint density at radius 1 is 1.00 bits per heavy atom. The Bertz CT molecular complexity index is 1010. The lowest BCUT2D eigenvalue weighted by Gasteiger charge is -2.35. The summed E-state index contributed by atoms with van der Waals surface area (Å²) in [5.41, 5.74) is 1.31. The average molecular weight is 427 g/mol. The topological polar surface area (TPSA) is 71.7 Å². The lowest BCUT2D eigenvalue weighted by Crippen LogP contribution is -3.12. The van der Waals surface area contributed by atoms with Crippen molar-refractivity contribution in [3.8, 4) is 0 Å². The number of piperazine rings is 1. The van der Waals surface area contributed by atoms with Crippen molar-refractivity contribution >= 4 is 33.3 Å². The number of anilines is 2. The van der Waals surface area contributed by atoms with Crippen LogP contribution in [0, 0.1) is 13.8 Å². The van der Waals surface area contributed by atoms with E-state index in [2.05, 4.69) is 33.6 Å². The van der Waals surface area contributed by atoms with Crippen LogP contribution in [0.25, 0.3) is 10.2 Å². The zero-order valence-corrected chi connectivity index (χ0v) is 18.4. The van der Waals surface area contributed by atoms with Crippen molar-refractivity contribution in [1.29, 1.82) is 0 Å². The fourth-order valence-corrected chi connectivity index (χ4v) is 5.26. The van der Waals surface area contributed by atoms with E-state index < -0.39 is 0 Å². The lowest BCUT2D eigenvalue weighted by atomic mass is 10.2. The number of quaternary nitrogens is 1. The van der Waals surface area contributed by atoms with Gasteiger partial charge in [0, 0.05) is 43.4 Å². The van der Waals surface area contributed by atoms with Gasteiger partial charge in [0.2, 0.25) is 5.95 Å². The van der Waals surface area contributed by atoms with Crippen molar-refractivity contribution < 1.29 is 9.64 Å². The summed E-state index contributed by atoms with van der Waals surface area (Å²) < 4.78 is 5.51. The normalized spacial score (nSPS) is 18.3. The number of morpholine rings is 1. The van der Waals surface area contributed by atoms with Crippen molar-refractivity contribution in [3.05, 3.63) is 34.7 Å². The Labute approximate surface area is 180 Å². The third kappa shape index (κ3) is 3.84. The number of nitrogens with one attached hydrogen (secondary N) is 1. The van der Waals surface area contributed by atoms with Gasteiger partial charge >= 0.3 is 0 Å². The number of aromatic nitrogens is 4. The van der Waals surface area contributed by atoms with Gasteiger partial charge in [-0.05, 0) is 25.5 Å². The van der Waals surface area contributed by atoms with Crippen LogP contribution in [0.2, 0.25) is 0 Å². The van der Waals surface area contributed by atoms with Crippen molar-refractivity contribution in [2.24, 2.45) is 0 Å². The maximum atomic E-state index is 5.51. The molecule has 0 amide bonds. The van der Waals surface area contributed by atoms with Crippen LogP contribution in [0.3, 0.4) is 0 Å². The summed E-state index contributed by atoms with van der Waals surface area (Å²) in [7, 11) is 0. The molecular weight excluding hydrogens is 398 g/mol. The van der Waals surface area contributed by atoms with E-state index in [4.69, 9.17) is 14.7 Å². The second kappa shape index (κ2) is 8.41. The van der Waals surface area contributed by atoms with E-state index in [1.807, 2.05) is 6.07 Å². The zero-order chi connectivity index (χ0) is 20.5. The molecule has 2 fully saturated rings. The molecule has 5 rings (SSSR count). The third-order valence-electron chi connectivity index (χ3n) is 6.08. The largest absolute Gasteiger partial charge is 0.370 e. The van der Waals surface area contributed by atoms with E-state index in [1.54, 1.807) is 23.7 Å². The molecule has 30 heavy (non-hydrogen) atoms. The quantitative estimate of drug-likeness (QED) is 0.663. The van der Waals surface area contributed by atoms with Gasteiger partial charge in [-0.1, -0.05) is 0 Å². The highest BCUT2D eigenvalue weighted by atomic mass is 32.1. The molecular formula is C21H28N7OS+. The van der Waals surface area contributed by atoms with E-state index in [0.29, 0.717) is 0 Å². The second-order valence-corrected chi connectivity index (χ2v) is 9.19. The van der Waals surface area contributed by atoms with Crippen LogP contribution in [0.5, 0.6) is 0 Å². The molecule has 0 aromatic carbocycles. The summed E-state index contributed by atoms with van der Waals surface area (Å²) >= 11 is 1.79. The molecule has 0 bridgehead atoms. The summed E-state index contributed by atoms with van der Waals surface area (Å²) in [6.45, 7) is 12.5. The van der Waals surface area contributed by atoms with Crippen LogP contribution in [0.15, 0.2) is 18.5 Å². The van der Waals surface area contributed by atoms with Gasteiger partial charge in [-0.2, -0.15) is 0 Å². The molecule has 8 nitrogen and oxygen atoms in total. The van der Waals surface area contributed by atoms with E-state index in [0.717, 1.165) is 81.4 Å². The van der Waals surface area contributed by atoms with Crippen LogP contribution in [-0.2, 0) is 11.3 Å². The molecule has 3 aromatic rings. The van der Waals surface area contributed by atoms with Gasteiger partial charge in [0.1, 0.15) is 30.3 Å². The fourth-order valence-electron chi connectivity index (χ4n) is 4.21. The first-order chi connectivity index (χ1) is 14.7. The summed E-state index contributed by atoms with van der Waals surface area (Å²) in [5, 5.41) is 1.22. The van der Waals surface area contributed by atoms with Gasteiger partial charge in [0.05, 0.1) is 18.6 Å². The smallest absolute Gasteiger partial charge is 0.225 e. The Balaban J connectivity index is 1.42. The molecule has 0 unspecified atom stereocenters. The zero-order valence-electron chi connectivity index (χ0n) is 17.6. The molecule has 2 aliphatic rings. The second-order valence-electron chi connectivity index (χ2n) is 7.99. The van der Waals surface area contributed by atoms with E-state index >= 15 is 0 Å². The summed E-state index contributed by atoms with van der Waals surface area (Å²) in [6.07, 6.45) is 3.61. The summed E-state index contributed by atoms with van der Waals surface area (Å²) in [6, 6.07) is 1.86. The molecule has 0 aliphatic carbocycles. The molecule has 9 heteroatoms. The van der Waals surface area contributed by atoms with Crippen LogP contribution < -0.4 is 14.7 Å². The number of thiophene rings is 1. The predicted molar refractivity (Wildman–Crippen MR) is 119 cm³/mol. The number of hydrogen-bond donors (Lipinski definition) is 1. The Kier molecular flexibility index (Phi) is 5.49. The van der Waals surface area contributed by atoms with E-state index in [9.17, 15) is 0 Å². The van der Waals surface area contributed by atoms with Crippen molar-refractivity contribution in [2.75, 3.05) is 62.3 Å². The van der Waals surface area contributed by atoms with Crippen molar-refractivity contribution in [1.82, 2.24) is 19.9 Å². The van der Waals surface area contributed by atoms with Crippen LogP contribution >= 0.6 is 11.3 Å². The predicted octanol–water partition coefficient (Wildman–Crippen LogP) is 0.840. The third-order valence-corrected chi connectivity index (χ3v) is 7.18. The summed E-state index contributed by atoms with van der Waals surface area (Å²) in [4.78, 5) is 27.5. The summed E-state index contributed by atoms with van der Waals surface area (Å²) in [5.74, 6) is 2.85. The minimum absolute atomic E-state index is 0.809. The Hall–Kier alpha value is -2.36. The van der Waals surface area contributed by atoms with Gasteiger partial charge in [-0.15, -0.1) is 11.3 Å². The number of nitrogens with zero attached hydrogens (tertiary/aromatic N) is 6. The first-order valence-electron chi connectivity index (χ1n) is 10.6. The van der Waals surface area contributed by atoms with E-state index in [-0.39, 0.29) is 0 Å². The van der Waals surface area contributed by atoms with Crippen LogP contribution in [0.1, 0.15) is 16.3 Å². The molecule has 5 heterocycles. The molecule has 0 spiro atoms. The van der Waals surface area contributed by atoms with Crippen molar-refractivity contribution in [2.45, 2.75) is 20.4 Å². The average Bonchev–Trinajstić information content (AvgIpc) is 3.08. The van der Waals surface area contributed by atoms with Crippen molar-refractivity contribution in [3.63, 3.8) is 0 Å².